The highest BCUT2D eigenvalue weighted by Gasteiger charge is 2.20. The predicted molar refractivity (Wildman–Crippen MR) is 67.2 cm³/mol. The summed E-state index contributed by atoms with van der Waals surface area (Å²) in [5.74, 6) is -0.820. The Bertz CT molecular complexity index is 531. The Kier molecular flexibility index (Phi) is 4.66. The first-order valence-corrected chi connectivity index (χ1v) is 6.84. The first-order chi connectivity index (χ1) is 8.27. The Morgan fingerprint density at radius 1 is 1.50 bits per heavy atom. The summed E-state index contributed by atoms with van der Waals surface area (Å²) < 4.78 is 44.6. The number of halogens is 1. The van der Waals surface area contributed by atoms with Gasteiger partial charge in [-0.25, -0.2) is 17.5 Å². The molecule has 0 amide bonds. The third-order valence-electron chi connectivity index (χ3n) is 2.57. The number of nitrogens with one attached hydrogen (secondary N) is 1. The molecule has 3 N–H and O–H groups in total. The van der Waals surface area contributed by atoms with E-state index in [1.54, 1.807) is 13.8 Å². The van der Waals surface area contributed by atoms with E-state index in [1.807, 2.05) is 0 Å². The van der Waals surface area contributed by atoms with Crippen molar-refractivity contribution in [3.8, 4) is 0 Å². The molecule has 1 atom stereocenters. The lowest BCUT2D eigenvalue weighted by Crippen LogP contribution is -2.32. The number of anilines is 1. The minimum atomic E-state index is -3.92. The molecule has 0 spiro atoms. The zero-order valence-corrected chi connectivity index (χ0v) is 11.3. The molecule has 0 saturated heterocycles. The first-order valence-electron chi connectivity index (χ1n) is 5.36. The van der Waals surface area contributed by atoms with Crippen molar-refractivity contribution in [2.45, 2.75) is 24.8 Å². The lowest BCUT2D eigenvalue weighted by atomic mass is 10.2. The average molecular weight is 276 g/mol. The number of hydrogen-bond acceptors (Lipinski definition) is 4. The molecule has 0 aromatic heterocycles. The number of nitrogen functional groups attached to an aromatic ring is 1. The molecule has 0 bridgehead atoms. The summed E-state index contributed by atoms with van der Waals surface area (Å²) in [5, 5.41) is 0. The number of aryl methyl sites for hydroxylation is 1. The van der Waals surface area contributed by atoms with E-state index >= 15 is 0 Å². The Labute approximate surface area is 106 Å². The normalized spacial score (nSPS) is 13.6. The van der Waals surface area contributed by atoms with Gasteiger partial charge in [-0.2, -0.15) is 0 Å². The van der Waals surface area contributed by atoms with E-state index in [1.165, 1.54) is 7.11 Å². The average Bonchev–Trinajstić information content (AvgIpc) is 2.30. The molecule has 0 heterocycles. The third-order valence-corrected chi connectivity index (χ3v) is 4.01. The Morgan fingerprint density at radius 2 is 2.11 bits per heavy atom. The predicted octanol–water partition coefficient (Wildman–Crippen LogP) is 1.03. The summed E-state index contributed by atoms with van der Waals surface area (Å²) in [6.07, 6.45) is -0.300. The molecule has 0 aliphatic heterocycles. The number of benzene rings is 1. The Hall–Kier alpha value is -1.18. The summed E-state index contributed by atoms with van der Waals surface area (Å²) in [7, 11) is -2.46. The van der Waals surface area contributed by atoms with Crippen LogP contribution in [0.2, 0.25) is 0 Å². The number of rotatable bonds is 5. The maximum absolute atomic E-state index is 13.6. The molecule has 0 aliphatic rings. The Morgan fingerprint density at radius 3 is 2.67 bits per heavy atom. The van der Waals surface area contributed by atoms with Crippen LogP contribution in [0.5, 0.6) is 0 Å². The van der Waals surface area contributed by atoms with Gasteiger partial charge in [0.2, 0.25) is 10.0 Å². The fraction of sp³-hybridized carbons (Fsp3) is 0.455. The molecule has 1 aromatic carbocycles. The number of methoxy groups -OCH3 is 1. The van der Waals surface area contributed by atoms with E-state index in [0.29, 0.717) is 5.56 Å². The van der Waals surface area contributed by atoms with Crippen molar-refractivity contribution in [2.24, 2.45) is 0 Å². The van der Waals surface area contributed by atoms with Crippen molar-refractivity contribution < 1.29 is 17.5 Å². The first kappa shape index (κ1) is 14.9. The summed E-state index contributed by atoms with van der Waals surface area (Å²) in [5.41, 5.74) is 6.31. The van der Waals surface area contributed by atoms with Gasteiger partial charge in [0.15, 0.2) is 0 Å². The van der Waals surface area contributed by atoms with E-state index < -0.39 is 20.7 Å². The van der Waals surface area contributed by atoms with Gasteiger partial charge in [-0.15, -0.1) is 0 Å². The van der Waals surface area contributed by atoms with Gasteiger partial charge in [0.05, 0.1) is 6.10 Å². The number of sulfonamides is 1. The topological polar surface area (TPSA) is 81.4 Å². The molecule has 1 aromatic rings. The molecule has 102 valence electrons. The van der Waals surface area contributed by atoms with Crippen LogP contribution in [-0.2, 0) is 14.8 Å². The SMILES string of the molecule is COC(C)CNS(=O)(=O)c1cc(N)c(C)cc1F. The highest BCUT2D eigenvalue weighted by atomic mass is 32.2. The van der Waals surface area contributed by atoms with Crippen LogP contribution in [0.15, 0.2) is 17.0 Å². The van der Waals surface area contributed by atoms with Gasteiger partial charge in [-0.05, 0) is 31.5 Å². The van der Waals surface area contributed by atoms with Crippen LogP contribution >= 0.6 is 0 Å². The van der Waals surface area contributed by atoms with E-state index in [2.05, 4.69) is 4.72 Å². The molecule has 5 nitrogen and oxygen atoms in total. The maximum atomic E-state index is 13.6. The van der Waals surface area contributed by atoms with Crippen LogP contribution in [0.4, 0.5) is 10.1 Å². The largest absolute Gasteiger partial charge is 0.398 e. The minimum Gasteiger partial charge on any atom is -0.398 e. The number of ether oxygens (including phenoxy) is 1. The van der Waals surface area contributed by atoms with Gasteiger partial charge < -0.3 is 10.5 Å². The van der Waals surface area contributed by atoms with Crippen LogP contribution in [0.3, 0.4) is 0 Å². The summed E-state index contributed by atoms with van der Waals surface area (Å²) >= 11 is 0. The van der Waals surface area contributed by atoms with Crippen molar-refractivity contribution in [3.05, 3.63) is 23.5 Å². The minimum absolute atomic E-state index is 0.0616. The molecule has 18 heavy (non-hydrogen) atoms. The fourth-order valence-electron chi connectivity index (χ4n) is 1.26. The maximum Gasteiger partial charge on any atom is 0.243 e. The monoisotopic (exact) mass is 276 g/mol. The second kappa shape index (κ2) is 5.64. The Balaban J connectivity index is 3.02. The van der Waals surface area contributed by atoms with E-state index in [-0.39, 0.29) is 18.3 Å². The van der Waals surface area contributed by atoms with Gasteiger partial charge in [0.1, 0.15) is 10.7 Å². The molecule has 0 fully saturated rings. The highest BCUT2D eigenvalue weighted by Crippen LogP contribution is 2.21. The van der Waals surface area contributed by atoms with Crippen molar-refractivity contribution >= 4 is 15.7 Å². The number of hydrogen-bond donors (Lipinski definition) is 2. The molecule has 7 heteroatoms. The molecule has 0 saturated carbocycles. The standard InChI is InChI=1S/C11H17FN2O3S/c1-7-4-9(12)11(5-10(7)13)18(15,16)14-6-8(2)17-3/h4-5,8,14H,6,13H2,1-3H3. The zero-order chi connectivity index (χ0) is 13.9. The molecule has 1 unspecified atom stereocenters. The fourth-order valence-corrected chi connectivity index (χ4v) is 2.47. The van der Waals surface area contributed by atoms with Gasteiger partial charge in [0, 0.05) is 19.3 Å². The second-order valence-corrected chi connectivity index (χ2v) is 5.77. The van der Waals surface area contributed by atoms with Gasteiger partial charge >= 0.3 is 0 Å². The third kappa shape index (κ3) is 3.41. The quantitative estimate of drug-likeness (QED) is 0.787. The van der Waals surface area contributed by atoms with Gasteiger partial charge in [-0.1, -0.05) is 0 Å². The van der Waals surface area contributed by atoms with Crippen LogP contribution < -0.4 is 10.5 Å². The van der Waals surface area contributed by atoms with E-state index in [0.717, 1.165) is 12.1 Å². The summed E-state index contributed by atoms with van der Waals surface area (Å²) in [6.45, 7) is 3.36. The lowest BCUT2D eigenvalue weighted by molar-refractivity contribution is 0.122. The van der Waals surface area contributed by atoms with Crippen LogP contribution in [0.25, 0.3) is 0 Å². The van der Waals surface area contributed by atoms with Crippen molar-refractivity contribution in [3.63, 3.8) is 0 Å². The highest BCUT2D eigenvalue weighted by molar-refractivity contribution is 7.89. The lowest BCUT2D eigenvalue weighted by Gasteiger charge is -2.12. The smallest absolute Gasteiger partial charge is 0.243 e. The van der Waals surface area contributed by atoms with Crippen LogP contribution in [-0.4, -0.2) is 28.2 Å². The van der Waals surface area contributed by atoms with E-state index in [4.69, 9.17) is 10.5 Å². The van der Waals surface area contributed by atoms with Gasteiger partial charge in [-0.3, -0.25) is 0 Å². The van der Waals surface area contributed by atoms with Crippen LogP contribution in [0.1, 0.15) is 12.5 Å². The summed E-state index contributed by atoms with van der Waals surface area (Å²) in [4.78, 5) is -0.450. The molecule has 0 radical (unpaired) electrons. The van der Waals surface area contributed by atoms with Crippen LogP contribution in [0, 0.1) is 12.7 Å². The van der Waals surface area contributed by atoms with Crippen molar-refractivity contribution in [2.75, 3.05) is 19.4 Å². The van der Waals surface area contributed by atoms with Gasteiger partial charge in [0.25, 0.3) is 0 Å². The van der Waals surface area contributed by atoms with Crippen molar-refractivity contribution in [1.82, 2.24) is 4.72 Å². The molecule has 1 rings (SSSR count). The second-order valence-electron chi connectivity index (χ2n) is 4.04. The number of nitrogens with two attached hydrogens (primary N) is 1. The molecule has 0 aliphatic carbocycles. The molecular formula is C11H17FN2O3S. The zero-order valence-electron chi connectivity index (χ0n) is 10.5. The van der Waals surface area contributed by atoms with E-state index in [9.17, 15) is 12.8 Å². The summed E-state index contributed by atoms with van der Waals surface area (Å²) in [6, 6.07) is 2.22. The molecular weight excluding hydrogens is 259 g/mol. The van der Waals surface area contributed by atoms with Crippen molar-refractivity contribution in [1.29, 1.82) is 0 Å².